The molecule has 2 aromatic heterocycles. The molecule has 6 nitrogen and oxygen atoms in total. The maximum absolute atomic E-state index is 13.1. The van der Waals surface area contributed by atoms with Crippen molar-refractivity contribution in [3.63, 3.8) is 0 Å². The smallest absolute Gasteiger partial charge is 0.357 e. The Balaban J connectivity index is 1.45. The number of hydrogen-bond acceptors (Lipinski definition) is 5. The molecule has 0 amide bonds. The van der Waals surface area contributed by atoms with E-state index in [9.17, 15) is 9.18 Å². The van der Waals surface area contributed by atoms with E-state index < -0.39 is 5.97 Å². The fourth-order valence-electron chi connectivity index (χ4n) is 2.58. The van der Waals surface area contributed by atoms with Crippen LogP contribution in [0.25, 0.3) is 17.0 Å². The number of carbonyl (C=O) groups is 1. The molecule has 0 unspecified atom stereocenters. The molecule has 28 heavy (non-hydrogen) atoms. The molecule has 2 heterocycles. The van der Waals surface area contributed by atoms with Gasteiger partial charge in [-0.3, -0.25) is 4.57 Å². The van der Waals surface area contributed by atoms with Crippen molar-refractivity contribution in [2.75, 3.05) is 0 Å². The van der Waals surface area contributed by atoms with E-state index in [1.807, 2.05) is 0 Å². The van der Waals surface area contributed by atoms with E-state index in [2.05, 4.69) is 9.97 Å². The number of aromatic nitrogens is 3. The third kappa shape index (κ3) is 3.79. The van der Waals surface area contributed by atoms with Gasteiger partial charge in [0.2, 0.25) is 5.89 Å². The molecule has 4 aromatic rings. The van der Waals surface area contributed by atoms with Crippen LogP contribution in [0, 0.1) is 5.82 Å². The van der Waals surface area contributed by atoms with E-state index in [0.29, 0.717) is 16.5 Å². The van der Waals surface area contributed by atoms with Gasteiger partial charge in [-0.05, 0) is 48.5 Å². The van der Waals surface area contributed by atoms with Gasteiger partial charge in [-0.1, -0.05) is 11.6 Å². The quantitative estimate of drug-likeness (QED) is 0.457. The standard InChI is InChI=1S/C20H13ClFN3O3/c21-14-3-1-13(2-4-14)18-10-24-19(28-18)11-27-20(26)17-9-23-12-25(17)16-7-5-15(22)6-8-16/h1-10,12H,11H2. The highest BCUT2D eigenvalue weighted by molar-refractivity contribution is 6.30. The summed E-state index contributed by atoms with van der Waals surface area (Å²) < 4.78 is 25.5. The molecule has 2 aromatic carbocycles. The second-order valence-electron chi connectivity index (χ2n) is 5.83. The van der Waals surface area contributed by atoms with Gasteiger partial charge in [-0.25, -0.2) is 19.2 Å². The molecule has 0 bridgehead atoms. The zero-order valence-electron chi connectivity index (χ0n) is 14.4. The Morgan fingerprint density at radius 2 is 1.86 bits per heavy atom. The molecule has 0 radical (unpaired) electrons. The van der Waals surface area contributed by atoms with Crippen LogP contribution in [0.2, 0.25) is 5.02 Å². The van der Waals surface area contributed by atoms with Crippen LogP contribution in [0.15, 0.2) is 71.7 Å². The predicted octanol–water partition coefficient (Wildman–Crippen LogP) is 4.68. The molecular weight excluding hydrogens is 385 g/mol. The Morgan fingerprint density at radius 1 is 1.11 bits per heavy atom. The maximum Gasteiger partial charge on any atom is 0.357 e. The van der Waals surface area contributed by atoms with Gasteiger partial charge in [0.1, 0.15) is 5.82 Å². The number of ether oxygens (including phenoxy) is 1. The summed E-state index contributed by atoms with van der Waals surface area (Å²) in [6, 6.07) is 12.8. The van der Waals surface area contributed by atoms with Crippen LogP contribution in [0.5, 0.6) is 0 Å². The van der Waals surface area contributed by atoms with Crippen LogP contribution in [0.3, 0.4) is 0 Å². The SMILES string of the molecule is O=C(OCc1ncc(-c2ccc(Cl)cc2)o1)c1cncn1-c1ccc(F)cc1. The number of nitrogens with zero attached hydrogens (tertiary/aromatic N) is 3. The van der Waals surface area contributed by atoms with Crippen molar-refractivity contribution in [2.45, 2.75) is 6.61 Å². The first-order valence-corrected chi connectivity index (χ1v) is 8.64. The summed E-state index contributed by atoms with van der Waals surface area (Å²) in [6.07, 6.45) is 4.38. The Morgan fingerprint density at radius 3 is 2.61 bits per heavy atom. The molecule has 0 atom stereocenters. The molecule has 0 saturated carbocycles. The van der Waals surface area contributed by atoms with Gasteiger partial charge in [0.15, 0.2) is 18.1 Å². The van der Waals surface area contributed by atoms with E-state index >= 15 is 0 Å². The minimum absolute atomic E-state index is 0.138. The molecule has 0 aliphatic rings. The van der Waals surface area contributed by atoms with Crippen LogP contribution in [0.4, 0.5) is 4.39 Å². The number of rotatable bonds is 5. The molecule has 0 spiro atoms. The molecule has 0 N–H and O–H groups in total. The third-order valence-corrected chi connectivity index (χ3v) is 4.21. The summed E-state index contributed by atoms with van der Waals surface area (Å²) in [7, 11) is 0. The third-order valence-electron chi connectivity index (χ3n) is 3.96. The maximum atomic E-state index is 13.1. The molecule has 0 saturated heterocycles. The Bertz CT molecular complexity index is 1100. The summed E-state index contributed by atoms with van der Waals surface area (Å²) >= 11 is 5.87. The van der Waals surface area contributed by atoms with Gasteiger partial charge in [0.05, 0.1) is 18.7 Å². The van der Waals surface area contributed by atoms with Crippen molar-refractivity contribution in [1.82, 2.24) is 14.5 Å². The van der Waals surface area contributed by atoms with Crippen molar-refractivity contribution in [3.8, 4) is 17.0 Å². The number of hydrogen-bond donors (Lipinski definition) is 0. The van der Waals surface area contributed by atoms with Crippen LogP contribution >= 0.6 is 11.6 Å². The topological polar surface area (TPSA) is 70.2 Å². The minimum Gasteiger partial charge on any atom is -0.451 e. The van der Waals surface area contributed by atoms with E-state index in [1.165, 1.54) is 29.2 Å². The molecule has 0 aliphatic heterocycles. The van der Waals surface area contributed by atoms with E-state index in [0.717, 1.165) is 5.56 Å². The van der Waals surface area contributed by atoms with E-state index in [1.54, 1.807) is 42.6 Å². The average molecular weight is 398 g/mol. The number of halogens is 2. The summed E-state index contributed by atoms with van der Waals surface area (Å²) in [5, 5.41) is 0.621. The molecular formula is C20H13ClFN3O3. The lowest BCUT2D eigenvalue weighted by atomic mass is 10.2. The van der Waals surface area contributed by atoms with Gasteiger partial charge in [-0.15, -0.1) is 0 Å². The Hall–Kier alpha value is -3.45. The largest absolute Gasteiger partial charge is 0.451 e. The lowest BCUT2D eigenvalue weighted by Gasteiger charge is -2.07. The summed E-state index contributed by atoms with van der Waals surface area (Å²) in [6.45, 7) is -0.138. The van der Waals surface area contributed by atoms with Crippen LogP contribution < -0.4 is 0 Å². The molecule has 0 aliphatic carbocycles. The van der Waals surface area contributed by atoms with Gasteiger partial charge in [-0.2, -0.15) is 0 Å². The van der Waals surface area contributed by atoms with E-state index in [-0.39, 0.29) is 24.0 Å². The predicted molar refractivity (Wildman–Crippen MR) is 99.6 cm³/mol. The number of carbonyl (C=O) groups excluding carboxylic acids is 1. The van der Waals surface area contributed by atoms with Gasteiger partial charge in [0, 0.05) is 16.3 Å². The highest BCUT2D eigenvalue weighted by Crippen LogP contribution is 2.23. The number of imidazole rings is 1. The van der Waals surface area contributed by atoms with Crippen molar-refractivity contribution >= 4 is 17.6 Å². The van der Waals surface area contributed by atoms with Crippen LogP contribution in [-0.2, 0) is 11.3 Å². The van der Waals surface area contributed by atoms with Crippen molar-refractivity contribution < 1.29 is 18.3 Å². The Labute approximate surface area is 164 Å². The normalized spacial score (nSPS) is 10.8. The molecule has 0 fully saturated rings. The van der Waals surface area contributed by atoms with Crippen molar-refractivity contribution in [3.05, 3.63) is 89.7 Å². The second kappa shape index (κ2) is 7.66. The average Bonchev–Trinajstić information content (AvgIpc) is 3.37. The number of esters is 1. The summed E-state index contributed by atoms with van der Waals surface area (Å²) in [5.41, 5.74) is 1.60. The first-order valence-electron chi connectivity index (χ1n) is 8.26. The van der Waals surface area contributed by atoms with Gasteiger partial charge in [0.25, 0.3) is 0 Å². The Kier molecular flexibility index (Phi) is 4.90. The monoisotopic (exact) mass is 397 g/mol. The summed E-state index contributed by atoms with van der Waals surface area (Å²) in [4.78, 5) is 20.5. The first kappa shape index (κ1) is 17.9. The molecule has 4 rings (SSSR count). The van der Waals surface area contributed by atoms with E-state index in [4.69, 9.17) is 20.8 Å². The number of benzene rings is 2. The zero-order valence-corrected chi connectivity index (χ0v) is 15.1. The lowest BCUT2D eigenvalue weighted by molar-refractivity contribution is 0.0429. The first-order chi connectivity index (χ1) is 13.6. The van der Waals surface area contributed by atoms with Gasteiger partial charge >= 0.3 is 5.97 Å². The lowest BCUT2D eigenvalue weighted by Crippen LogP contribution is -2.10. The van der Waals surface area contributed by atoms with Crippen molar-refractivity contribution in [1.29, 1.82) is 0 Å². The van der Waals surface area contributed by atoms with Crippen LogP contribution in [0.1, 0.15) is 16.4 Å². The second-order valence-corrected chi connectivity index (χ2v) is 6.26. The fraction of sp³-hybridized carbons (Fsp3) is 0.0500. The highest BCUT2D eigenvalue weighted by atomic mass is 35.5. The van der Waals surface area contributed by atoms with Crippen LogP contribution in [-0.4, -0.2) is 20.5 Å². The zero-order chi connectivity index (χ0) is 19.5. The van der Waals surface area contributed by atoms with Gasteiger partial charge < -0.3 is 9.15 Å². The van der Waals surface area contributed by atoms with Crippen molar-refractivity contribution in [2.24, 2.45) is 0 Å². The molecule has 140 valence electrons. The summed E-state index contributed by atoms with van der Waals surface area (Å²) in [5.74, 6) is -0.174. The highest BCUT2D eigenvalue weighted by Gasteiger charge is 2.16. The minimum atomic E-state index is -0.604. The molecule has 8 heteroatoms. The fourth-order valence-corrected chi connectivity index (χ4v) is 2.71. The number of oxazole rings is 1.